The van der Waals surface area contributed by atoms with Gasteiger partial charge in [0.05, 0.1) is 16.8 Å². The lowest BCUT2D eigenvalue weighted by atomic mass is 9.96. The molecular weight excluding hydrogens is 264 g/mol. The molecule has 3 N–H and O–H groups in total. The average molecular weight is 283 g/mol. The number of rotatable bonds is 3. The molecule has 4 nitrogen and oxygen atoms in total. The summed E-state index contributed by atoms with van der Waals surface area (Å²) in [5, 5.41) is 10.2. The number of carbonyl (C=O) groups is 1. The molecule has 19 heavy (non-hydrogen) atoms. The summed E-state index contributed by atoms with van der Waals surface area (Å²) in [6, 6.07) is 5.60. The maximum atomic E-state index is 11.1. The van der Waals surface area contributed by atoms with Crippen LogP contribution in [0.25, 0.3) is 0 Å². The van der Waals surface area contributed by atoms with Crippen molar-refractivity contribution in [2.75, 3.05) is 18.0 Å². The van der Waals surface area contributed by atoms with Crippen molar-refractivity contribution in [1.29, 1.82) is 0 Å². The molecule has 0 aromatic heterocycles. The first kappa shape index (κ1) is 14.2. The minimum absolute atomic E-state index is 0.0215. The van der Waals surface area contributed by atoms with Gasteiger partial charge in [-0.2, -0.15) is 0 Å². The summed E-state index contributed by atoms with van der Waals surface area (Å²) in [5.74, 6) is -0.234. The van der Waals surface area contributed by atoms with Gasteiger partial charge in [0.2, 0.25) is 5.91 Å². The zero-order chi connectivity index (χ0) is 14.0. The van der Waals surface area contributed by atoms with Gasteiger partial charge in [0.25, 0.3) is 0 Å². The lowest BCUT2D eigenvalue weighted by Gasteiger charge is -2.33. The molecule has 1 saturated heterocycles. The summed E-state index contributed by atoms with van der Waals surface area (Å²) in [5.41, 5.74) is 7.08. The maximum Gasteiger partial charge on any atom is 0.220 e. The third-order valence-electron chi connectivity index (χ3n) is 3.69. The van der Waals surface area contributed by atoms with E-state index in [9.17, 15) is 9.90 Å². The van der Waals surface area contributed by atoms with Gasteiger partial charge in [-0.3, -0.25) is 4.79 Å². The Balaban J connectivity index is 2.09. The lowest BCUT2D eigenvalue weighted by Crippen LogP contribution is -2.38. The van der Waals surface area contributed by atoms with Crippen molar-refractivity contribution in [2.24, 2.45) is 11.7 Å². The molecule has 1 amide bonds. The number of hydrogen-bond acceptors (Lipinski definition) is 3. The van der Waals surface area contributed by atoms with Crippen molar-refractivity contribution < 1.29 is 9.90 Å². The van der Waals surface area contributed by atoms with Crippen molar-refractivity contribution in [3.8, 4) is 0 Å². The van der Waals surface area contributed by atoms with Gasteiger partial charge in [0.15, 0.2) is 0 Å². The Morgan fingerprint density at radius 1 is 1.47 bits per heavy atom. The number of aliphatic hydroxyl groups excluding tert-OH is 1. The molecule has 1 heterocycles. The number of nitrogens with zero attached hydrogens (tertiary/aromatic N) is 1. The van der Waals surface area contributed by atoms with Gasteiger partial charge in [0, 0.05) is 19.0 Å². The van der Waals surface area contributed by atoms with Crippen molar-refractivity contribution >= 4 is 23.2 Å². The Morgan fingerprint density at radius 3 is 2.58 bits per heavy atom. The first-order valence-electron chi connectivity index (χ1n) is 6.51. The molecule has 1 aromatic rings. The van der Waals surface area contributed by atoms with Crippen LogP contribution >= 0.6 is 11.6 Å². The van der Waals surface area contributed by atoms with E-state index in [4.69, 9.17) is 17.3 Å². The fourth-order valence-corrected chi connectivity index (χ4v) is 2.75. The molecule has 1 aromatic carbocycles. The molecule has 1 aliphatic heterocycles. The monoisotopic (exact) mass is 282 g/mol. The average Bonchev–Trinajstić information content (AvgIpc) is 2.38. The van der Waals surface area contributed by atoms with Crippen molar-refractivity contribution in [3.05, 3.63) is 28.8 Å². The van der Waals surface area contributed by atoms with Gasteiger partial charge in [-0.15, -0.1) is 0 Å². The van der Waals surface area contributed by atoms with E-state index in [1.165, 1.54) is 0 Å². The van der Waals surface area contributed by atoms with E-state index in [1.54, 1.807) is 13.0 Å². The van der Waals surface area contributed by atoms with E-state index < -0.39 is 6.10 Å². The SMILES string of the molecule is C[C@@H](O)c1ccc(N2CCC(C(N)=O)CC2)c(Cl)c1. The molecule has 0 saturated carbocycles. The van der Waals surface area contributed by atoms with Gasteiger partial charge in [-0.05, 0) is 37.5 Å². The number of piperidine rings is 1. The van der Waals surface area contributed by atoms with Crippen molar-refractivity contribution in [3.63, 3.8) is 0 Å². The van der Waals surface area contributed by atoms with Crippen LogP contribution in [0.3, 0.4) is 0 Å². The smallest absolute Gasteiger partial charge is 0.220 e. The molecule has 104 valence electrons. The van der Waals surface area contributed by atoms with E-state index in [0.29, 0.717) is 5.02 Å². The summed E-state index contributed by atoms with van der Waals surface area (Å²) in [6.45, 7) is 3.27. The minimum Gasteiger partial charge on any atom is -0.389 e. The highest BCUT2D eigenvalue weighted by Crippen LogP contribution is 2.31. The Labute approximate surface area is 118 Å². The number of primary amides is 1. The lowest BCUT2D eigenvalue weighted by molar-refractivity contribution is -0.122. The molecule has 0 aliphatic carbocycles. The number of nitrogens with two attached hydrogens (primary N) is 1. The number of aliphatic hydroxyl groups is 1. The van der Waals surface area contributed by atoms with Crippen LogP contribution in [-0.4, -0.2) is 24.1 Å². The van der Waals surface area contributed by atoms with Gasteiger partial charge in [-0.1, -0.05) is 17.7 Å². The van der Waals surface area contributed by atoms with Gasteiger partial charge in [-0.25, -0.2) is 0 Å². The number of halogens is 1. The molecule has 0 unspecified atom stereocenters. The molecule has 2 rings (SSSR count). The van der Waals surface area contributed by atoms with Crippen LogP contribution in [0.5, 0.6) is 0 Å². The molecule has 1 aliphatic rings. The van der Waals surface area contributed by atoms with Crippen LogP contribution in [0.2, 0.25) is 5.02 Å². The highest BCUT2D eigenvalue weighted by atomic mass is 35.5. The minimum atomic E-state index is -0.521. The normalized spacial score (nSPS) is 18.4. The molecule has 0 spiro atoms. The van der Waals surface area contributed by atoms with Crippen LogP contribution in [0.4, 0.5) is 5.69 Å². The van der Waals surface area contributed by atoms with Crippen LogP contribution in [0, 0.1) is 5.92 Å². The van der Waals surface area contributed by atoms with E-state index >= 15 is 0 Å². The molecule has 1 fully saturated rings. The van der Waals surface area contributed by atoms with Crippen LogP contribution in [0.15, 0.2) is 18.2 Å². The zero-order valence-electron chi connectivity index (χ0n) is 11.0. The Bertz CT molecular complexity index is 469. The molecule has 5 heteroatoms. The second-order valence-corrected chi connectivity index (χ2v) is 5.46. The molecule has 1 atom stereocenters. The van der Waals surface area contributed by atoms with Crippen LogP contribution in [0.1, 0.15) is 31.4 Å². The second kappa shape index (κ2) is 5.80. The molecule has 0 bridgehead atoms. The summed E-state index contributed by atoms with van der Waals surface area (Å²) >= 11 is 6.26. The summed E-state index contributed by atoms with van der Waals surface area (Å²) in [7, 11) is 0. The largest absolute Gasteiger partial charge is 0.389 e. The van der Waals surface area contributed by atoms with E-state index in [-0.39, 0.29) is 11.8 Å². The topological polar surface area (TPSA) is 66.6 Å². The van der Waals surface area contributed by atoms with Crippen molar-refractivity contribution in [2.45, 2.75) is 25.9 Å². The standard InChI is InChI=1S/C14H19ClN2O2/c1-9(18)11-2-3-13(12(15)8-11)17-6-4-10(5-7-17)14(16)19/h2-3,8-10,18H,4-7H2,1H3,(H2,16,19)/t9-/m1/s1. The van der Waals surface area contributed by atoms with Gasteiger partial charge >= 0.3 is 0 Å². The van der Waals surface area contributed by atoms with Crippen LogP contribution < -0.4 is 10.6 Å². The Morgan fingerprint density at radius 2 is 2.11 bits per heavy atom. The zero-order valence-corrected chi connectivity index (χ0v) is 11.7. The third kappa shape index (κ3) is 3.19. The summed E-state index contributed by atoms with van der Waals surface area (Å²) in [6.07, 6.45) is 1.01. The van der Waals surface area contributed by atoms with Gasteiger partial charge < -0.3 is 15.7 Å². The number of hydrogen-bond donors (Lipinski definition) is 2. The first-order chi connectivity index (χ1) is 8.99. The summed E-state index contributed by atoms with van der Waals surface area (Å²) < 4.78 is 0. The maximum absolute atomic E-state index is 11.1. The van der Waals surface area contributed by atoms with E-state index in [2.05, 4.69) is 4.90 Å². The third-order valence-corrected chi connectivity index (χ3v) is 3.99. The van der Waals surface area contributed by atoms with E-state index in [1.807, 2.05) is 12.1 Å². The number of benzene rings is 1. The molecular formula is C14H19ClN2O2. The predicted octanol–water partition coefficient (Wildman–Crippen LogP) is 2.09. The second-order valence-electron chi connectivity index (χ2n) is 5.05. The quantitative estimate of drug-likeness (QED) is 0.892. The van der Waals surface area contributed by atoms with E-state index in [0.717, 1.165) is 37.2 Å². The number of anilines is 1. The van der Waals surface area contributed by atoms with Crippen molar-refractivity contribution in [1.82, 2.24) is 0 Å². The fourth-order valence-electron chi connectivity index (χ4n) is 2.44. The van der Waals surface area contributed by atoms with Crippen LogP contribution in [-0.2, 0) is 4.79 Å². The number of amides is 1. The van der Waals surface area contributed by atoms with Gasteiger partial charge in [0.1, 0.15) is 0 Å². The highest BCUT2D eigenvalue weighted by molar-refractivity contribution is 6.33. The first-order valence-corrected chi connectivity index (χ1v) is 6.88. The number of carbonyl (C=O) groups excluding carboxylic acids is 1. The Kier molecular flexibility index (Phi) is 4.32. The highest BCUT2D eigenvalue weighted by Gasteiger charge is 2.24. The fraction of sp³-hybridized carbons (Fsp3) is 0.500. The molecule has 0 radical (unpaired) electrons. The predicted molar refractivity (Wildman–Crippen MR) is 76.2 cm³/mol. The Hall–Kier alpha value is -1.26. The summed E-state index contributed by atoms with van der Waals surface area (Å²) in [4.78, 5) is 13.3.